The number of nitrogens with one attached hydrogen (secondary N) is 1. The van der Waals surface area contributed by atoms with Crippen LogP contribution in [0.2, 0.25) is 0 Å². The fourth-order valence-corrected chi connectivity index (χ4v) is 2.96. The van der Waals surface area contributed by atoms with E-state index in [1.807, 2.05) is 30.3 Å². The van der Waals surface area contributed by atoms with Crippen molar-refractivity contribution in [2.45, 2.75) is 17.7 Å². The summed E-state index contributed by atoms with van der Waals surface area (Å²) in [7, 11) is 0. The fraction of sp³-hybridized carbons (Fsp3) is 0.231. The Kier molecular flexibility index (Phi) is 2.73. The van der Waals surface area contributed by atoms with Gasteiger partial charge in [0.1, 0.15) is 5.82 Å². The zero-order chi connectivity index (χ0) is 11.7. The van der Waals surface area contributed by atoms with Crippen LogP contribution in [-0.2, 0) is 6.42 Å². The van der Waals surface area contributed by atoms with E-state index in [0.29, 0.717) is 5.82 Å². The molecule has 1 N–H and O–H groups in total. The molecule has 0 unspecified atom stereocenters. The second kappa shape index (κ2) is 4.37. The van der Waals surface area contributed by atoms with Crippen LogP contribution in [0.5, 0.6) is 0 Å². The maximum absolute atomic E-state index is 11.9. The predicted octanol–water partition coefficient (Wildman–Crippen LogP) is 2.48. The highest BCUT2D eigenvalue weighted by atomic mass is 32.2. The first-order chi connectivity index (χ1) is 8.34. The van der Waals surface area contributed by atoms with E-state index >= 15 is 0 Å². The SMILES string of the molecule is O=c1[nH]c(-c2ccccc2)nc2c1SCCC2. The molecule has 2 heterocycles. The average molecular weight is 244 g/mol. The minimum absolute atomic E-state index is 0.00134. The van der Waals surface area contributed by atoms with Crippen LogP contribution in [0.4, 0.5) is 0 Å². The van der Waals surface area contributed by atoms with Gasteiger partial charge in [-0.05, 0) is 18.6 Å². The second-order valence-electron chi connectivity index (χ2n) is 4.01. The first-order valence-electron chi connectivity index (χ1n) is 5.66. The summed E-state index contributed by atoms with van der Waals surface area (Å²) in [4.78, 5) is 20.2. The van der Waals surface area contributed by atoms with E-state index < -0.39 is 0 Å². The molecule has 1 aliphatic rings. The van der Waals surface area contributed by atoms with Gasteiger partial charge in [0.2, 0.25) is 0 Å². The predicted molar refractivity (Wildman–Crippen MR) is 69.3 cm³/mol. The van der Waals surface area contributed by atoms with Crippen LogP contribution < -0.4 is 5.56 Å². The summed E-state index contributed by atoms with van der Waals surface area (Å²) in [5.41, 5.74) is 1.91. The smallest absolute Gasteiger partial charge is 0.265 e. The zero-order valence-corrected chi connectivity index (χ0v) is 10.1. The van der Waals surface area contributed by atoms with Crippen molar-refractivity contribution in [1.29, 1.82) is 0 Å². The van der Waals surface area contributed by atoms with Gasteiger partial charge >= 0.3 is 0 Å². The van der Waals surface area contributed by atoms with Gasteiger partial charge in [-0.25, -0.2) is 4.98 Å². The Morgan fingerprint density at radius 3 is 2.88 bits per heavy atom. The van der Waals surface area contributed by atoms with Gasteiger partial charge in [-0.15, -0.1) is 11.8 Å². The topological polar surface area (TPSA) is 45.8 Å². The van der Waals surface area contributed by atoms with Gasteiger partial charge in [-0.1, -0.05) is 30.3 Å². The Balaban J connectivity index is 2.14. The Morgan fingerprint density at radius 2 is 2.06 bits per heavy atom. The number of nitrogens with zero attached hydrogens (tertiary/aromatic N) is 1. The number of benzene rings is 1. The molecule has 0 fully saturated rings. The molecule has 1 aromatic carbocycles. The standard InChI is InChI=1S/C13H12N2OS/c16-13-11-10(7-4-8-17-11)14-12(15-13)9-5-2-1-3-6-9/h1-3,5-6H,4,7-8H2,(H,14,15,16). The van der Waals surface area contributed by atoms with Crippen molar-refractivity contribution in [2.75, 3.05) is 5.75 Å². The molecule has 4 heteroatoms. The van der Waals surface area contributed by atoms with Gasteiger partial charge in [0.15, 0.2) is 0 Å². The molecular weight excluding hydrogens is 232 g/mol. The van der Waals surface area contributed by atoms with Crippen LogP contribution in [0.1, 0.15) is 12.1 Å². The van der Waals surface area contributed by atoms with E-state index in [1.165, 1.54) is 0 Å². The largest absolute Gasteiger partial charge is 0.306 e. The van der Waals surface area contributed by atoms with Gasteiger partial charge in [-0.3, -0.25) is 4.79 Å². The molecule has 17 heavy (non-hydrogen) atoms. The lowest BCUT2D eigenvalue weighted by atomic mass is 10.2. The first-order valence-corrected chi connectivity index (χ1v) is 6.64. The Hall–Kier alpha value is -1.55. The summed E-state index contributed by atoms with van der Waals surface area (Å²) in [6.45, 7) is 0. The second-order valence-corrected chi connectivity index (χ2v) is 5.11. The molecule has 3 rings (SSSR count). The molecule has 0 amide bonds. The molecule has 0 radical (unpaired) electrons. The number of rotatable bonds is 1. The van der Waals surface area contributed by atoms with Gasteiger partial charge in [-0.2, -0.15) is 0 Å². The maximum atomic E-state index is 11.9. The number of aromatic nitrogens is 2. The molecule has 0 aliphatic carbocycles. The van der Waals surface area contributed by atoms with E-state index in [4.69, 9.17) is 0 Å². The van der Waals surface area contributed by atoms with Crippen LogP contribution in [-0.4, -0.2) is 15.7 Å². The molecular formula is C13H12N2OS. The molecule has 2 aromatic rings. The Morgan fingerprint density at radius 1 is 1.24 bits per heavy atom. The molecule has 0 spiro atoms. The van der Waals surface area contributed by atoms with Gasteiger partial charge in [0.25, 0.3) is 5.56 Å². The number of fused-ring (bicyclic) bond motifs is 1. The number of hydrogen-bond donors (Lipinski definition) is 1. The molecule has 3 nitrogen and oxygen atoms in total. The Labute approximate surface area is 103 Å². The van der Waals surface area contributed by atoms with Crippen LogP contribution in [0.15, 0.2) is 40.0 Å². The summed E-state index contributed by atoms with van der Waals surface area (Å²) in [6.07, 6.45) is 2.01. The number of H-pyrrole nitrogens is 1. The summed E-state index contributed by atoms with van der Waals surface area (Å²) in [5, 5.41) is 0. The quantitative estimate of drug-likeness (QED) is 0.838. The molecule has 0 bridgehead atoms. The van der Waals surface area contributed by atoms with E-state index in [1.54, 1.807) is 11.8 Å². The van der Waals surface area contributed by atoms with Crippen molar-refractivity contribution in [1.82, 2.24) is 9.97 Å². The number of thioether (sulfide) groups is 1. The van der Waals surface area contributed by atoms with Crippen LogP contribution in [0.3, 0.4) is 0 Å². The lowest BCUT2D eigenvalue weighted by Gasteiger charge is -2.13. The Bertz CT molecular complexity index is 592. The first kappa shape index (κ1) is 10.6. The van der Waals surface area contributed by atoms with Crippen LogP contribution in [0.25, 0.3) is 11.4 Å². The highest BCUT2D eigenvalue weighted by molar-refractivity contribution is 7.99. The lowest BCUT2D eigenvalue weighted by Crippen LogP contribution is -2.18. The third-order valence-electron chi connectivity index (χ3n) is 2.80. The highest BCUT2D eigenvalue weighted by Crippen LogP contribution is 2.26. The van der Waals surface area contributed by atoms with Crippen molar-refractivity contribution >= 4 is 11.8 Å². The van der Waals surface area contributed by atoms with Crippen LogP contribution in [0, 0.1) is 0 Å². The molecule has 0 saturated carbocycles. The highest BCUT2D eigenvalue weighted by Gasteiger charge is 2.16. The molecule has 1 aromatic heterocycles. The zero-order valence-electron chi connectivity index (χ0n) is 9.27. The monoisotopic (exact) mass is 244 g/mol. The summed E-state index contributed by atoms with van der Waals surface area (Å²) >= 11 is 1.61. The lowest BCUT2D eigenvalue weighted by molar-refractivity contribution is 0.819. The molecule has 0 atom stereocenters. The summed E-state index contributed by atoms with van der Waals surface area (Å²) in [5.74, 6) is 1.69. The van der Waals surface area contributed by atoms with E-state index in [0.717, 1.165) is 34.7 Å². The minimum Gasteiger partial charge on any atom is -0.306 e. The normalized spacial score (nSPS) is 14.4. The van der Waals surface area contributed by atoms with E-state index in [2.05, 4.69) is 9.97 Å². The van der Waals surface area contributed by atoms with Crippen molar-refractivity contribution in [2.24, 2.45) is 0 Å². The van der Waals surface area contributed by atoms with Crippen LogP contribution >= 0.6 is 11.8 Å². The van der Waals surface area contributed by atoms with Crippen molar-refractivity contribution < 1.29 is 0 Å². The van der Waals surface area contributed by atoms with Crippen molar-refractivity contribution in [3.05, 3.63) is 46.4 Å². The fourth-order valence-electron chi connectivity index (χ4n) is 1.97. The molecule has 86 valence electrons. The maximum Gasteiger partial charge on any atom is 0.265 e. The summed E-state index contributed by atoms with van der Waals surface area (Å²) in [6, 6.07) is 9.77. The number of aryl methyl sites for hydroxylation is 1. The number of hydrogen-bond acceptors (Lipinski definition) is 3. The van der Waals surface area contributed by atoms with Crippen molar-refractivity contribution in [3.63, 3.8) is 0 Å². The average Bonchev–Trinajstić information content (AvgIpc) is 2.40. The minimum atomic E-state index is -0.00134. The molecule has 1 aliphatic heterocycles. The summed E-state index contributed by atoms with van der Waals surface area (Å²) < 4.78 is 0. The van der Waals surface area contributed by atoms with E-state index in [-0.39, 0.29) is 5.56 Å². The third kappa shape index (κ3) is 2.00. The van der Waals surface area contributed by atoms with Crippen molar-refractivity contribution in [3.8, 4) is 11.4 Å². The van der Waals surface area contributed by atoms with Gasteiger partial charge in [0.05, 0.1) is 10.6 Å². The van der Waals surface area contributed by atoms with Gasteiger partial charge < -0.3 is 4.98 Å². The van der Waals surface area contributed by atoms with Gasteiger partial charge in [0, 0.05) is 5.56 Å². The number of aromatic amines is 1. The third-order valence-corrected chi connectivity index (χ3v) is 4.00. The van der Waals surface area contributed by atoms with E-state index in [9.17, 15) is 4.79 Å². The molecule has 0 saturated heterocycles.